The minimum Gasteiger partial charge on any atom is -0.496 e. The SMILES string of the molecule is COc1ccccc1CNC(=O)CN1C(=O)C(C)(C)c2cc(S(=O)(=O)N3CCCCC3)ccc21. The summed E-state index contributed by atoms with van der Waals surface area (Å²) in [6, 6.07) is 12.2. The zero-order valence-electron chi connectivity index (χ0n) is 19.8. The molecule has 0 saturated carbocycles. The Kier molecular flexibility index (Phi) is 6.69. The number of carbonyl (C=O) groups is 2. The fraction of sp³-hybridized carbons (Fsp3) is 0.440. The van der Waals surface area contributed by atoms with E-state index in [1.165, 1.54) is 15.3 Å². The number of nitrogens with one attached hydrogen (secondary N) is 1. The third-order valence-corrected chi connectivity index (χ3v) is 8.53. The molecule has 1 fully saturated rings. The number of anilines is 1. The summed E-state index contributed by atoms with van der Waals surface area (Å²) in [6.07, 6.45) is 2.74. The molecule has 2 aromatic carbocycles. The van der Waals surface area contributed by atoms with E-state index in [-0.39, 0.29) is 29.8 Å². The van der Waals surface area contributed by atoms with Gasteiger partial charge in [-0.05, 0) is 56.5 Å². The quantitative estimate of drug-likeness (QED) is 0.651. The molecule has 0 aliphatic carbocycles. The van der Waals surface area contributed by atoms with Crippen LogP contribution in [0.5, 0.6) is 5.75 Å². The third kappa shape index (κ3) is 4.42. The van der Waals surface area contributed by atoms with Crippen molar-refractivity contribution in [1.29, 1.82) is 0 Å². The van der Waals surface area contributed by atoms with Gasteiger partial charge in [-0.3, -0.25) is 9.59 Å². The minimum absolute atomic E-state index is 0.150. The summed E-state index contributed by atoms with van der Waals surface area (Å²) in [5.41, 5.74) is 1.08. The summed E-state index contributed by atoms with van der Waals surface area (Å²) in [7, 11) is -2.05. The van der Waals surface area contributed by atoms with Gasteiger partial charge in [0.25, 0.3) is 0 Å². The van der Waals surface area contributed by atoms with E-state index >= 15 is 0 Å². The average molecular weight is 486 g/mol. The summed E-state index contributed by atoms with van der Waals surface area (Å²) in [6.45, 7) is 4.67. The van der Waals surface area contributed by atoms with Crippen LogP contribution in [0.15, 0.2) is 47.4 Å². The monoisotopic (exact) mass is 485 g/mol. The van der Waals surface area contributed by atoms with Crippen LogP contribution in [0.1, 0.15) is 44.2 Å². The Bertz CT molecular complexity index is 1200. The molecular weight excluding hydrogens is 454 g/mol. The lowest BCUT2D eigenvalue weighted by Gasteiger charge is -2.26. The Morgan fingerprint density at radius 3 is 2.50 bits per heavy atom. The van der Waals surface area contributed by atoms with Crippen molar-refractivity contribution in [2.75, 3.05) is 31.6 Å². The molecule has 0 aromatic heterocycles. The Balaban J connectivity index is 1.54. The number of ether oxygens (including phenoxy) is 1. The van der Waals surface area contributed by atoms with Crippen LogP contribution in [0.2, 0.25) is 0 Å². The second kappa shape index (κ2) is 9.38. The molecule has 2 amide bonds. The van der Waals surface area contributed by atoms with E-state index in [1.807, 2.05) is 24.3 Å². The first-order chi connectivity index (χ1) is 16.2. The minimum atomic E-state index is -3.63. The molecule has 4 rings (SSSR count). The molecule has 8 nitrogen and oxygen atoms in total. The molecular formula is C25H31N3O5S. The number of benzene rings is 2. The lowest BCUT2D eigenvalue weighted by Crippen LogP contribution is -2.42. The standard InChI is InChI=1S/C25H31N3O5S/c1-25(2)20-15-19(34(31,32)27-13-7-4-8-14-27)11-12-21(20)28(24(25)30)17-23(29)26-16-18-9-5-6-10-22(18)33-3/h5-6,9-12,15H,4,7-8,13-14,16-17H2,1-3H3,(H,26,29). The lowest BCUT2D eigenvalue weighted by molar-refractivity contribution is -0.125. The van der Waals surface area contributed by atoms with E-state index in [0.717, 1.165) is 24.8 Å². The van der Waals surface area contributed by atoms with Gasteiger partial charge in [-0.1, -0.05) is 24.6 Å². The van der Waals surface area contributed by atoms with Crippen LogP contribution in [0.4, 0.5) is 5.69 Å². The number of hydrogen-bond donors (Lipinski definition) is 1. The van der Waals surface area contributed by atoms with Gasteiger partial charge in [-0.25, -0.2) is 8.42 Å². The van der Waals surface area contributed by atoms with E-state index < -0.39 is 15.4 Å². The van der Waals surface area contributed by atoms with Crippen molar-refractivity contribution < 1.29 is 22.7 Å². The van der Waals surface area contributed by atoms with E-state index in [1.54, 1.807) is 33.1 Å². The number of methoxy groups -OCH3 is 1. The van der Waals surface area contributed by atoms with Crippen LogP contribution >= 0.6 is 0 Å². The van der Waals surface area contributed by atoms with Crippen LogP contribution < -0.4 is 15.0 Å². The fourth-order valence-electron chi connectivity index (χ4n) is 4.63. The number of hydrogen-bond acceptors (Lipinski definition) is 5. The van der Waals surface area contributed by atoms with Gasteiger partial charge >= 0.3 is 0 Å². The molecule has 0 spiro atoms. The van der Waals surface area contributed by atoms with Gasteiger partial charge in [-0.15, -0.1) is 0 Å². The maximum Gasteiger partial charge on any atom is 0.243 e. The highest BCUT2D eigenvalue weighted by molar-refractivity contribution is 7.89. The molecule has 2 heterocycles. The van der Waals surface area contributed by atoms with Crippen molar-refractivity contribution in [2.24, 2.45) is 0 Å². The van der Waals surface area contributed by atoms with Gasteiger partial charge in [0.1, 0.15) is 12.3 Å². The third-order valence-electron chi connectivity index (χ3n) is 6.64. The molecule has 9 heteroatoms. The number of para-hydroxylation sites is 1. The Morgan fingerprint density at radius 2 is 1.79 bits per heavy atom. The first kappa shape index (κ1) is 24.2. The molecule has 2 aliphatic rings. The van der Waals surface area contributed by atoms with Gasteiger partial charge in [-0.2, -0.15) is 4.31 Å². The topological polar surface area (TPSA) is 96.0 Å². The normalized spacial score (nSPS) is 18.0. The smallest absolute Gasteiger partial charge is 0.243 e. The zero-order valence-corrected chi connectivity index (χ0v) is 20.7. The highest BCUT2D eigenvalue weighted by Gasteiger charge is 2.45. The summed E-state index contributed by atoms with van der Waals surface area (Å²) < 4.78 is 33.2. The van der Waals surface area contributed by atoms with Crippen LogP contribution in [0.25, 0.3) is 0 Å². The number of carbonyl (C=O) groups excluding carboxylic acids is 2. The summed E-state index contributed by atoms with van der Waals surface area (Å²) in [4.78, 5) is 27.6. The van der Waals surface area contributed by atoms with Crippen LogP contribution in [-0.2, 0) is 31.6 Å². The van der Waals surface area contributed by atoms with Crippen molar-refractivity contribution in [2.45, 2.75) is 50.0 Å². The predicted molar refractivity (Wildman–Crippen MR) is 129 cm³/mol. The average Bonchev–Trinajstić information content (AvgIpc) is 3.03. The molecule has 182 valence electrons. The maximum absolute atomic E-state index is 13.2. The molecule has 2 aromatic rings. The van der Waals surface area contributed by atoms with Gasteiger partial charge in [0.05, 0.1) is 17.4 Å². The van der Waals surface area contributed by atoms with Gasteiger partial charge in [0.15, 0.2) is 0 Å². The van der Waals surface area contributed by atoms with Crippen molar-refractivity contribution in [3.8, 4) is 5.75 Å². The van der Waals surface area contributed by atoms with E-state index in [0.29, 0.717) is 30.1 Å². The molecule has 1 N–H and O–H groups in total. The number of nitrogens with zero attached hydrogens (tertiary/aromatic N) is 2. The number of piperidine rings is 1. The van der Waals surface area contributed by atoms with E-state index in [2.05, 4.69) is 5.32 Å². The predicted octanol–water partition coefficient (Wildman–Crippen LogP) is 2.81. The second-order valence-corrected chi connectivity index (χ2v) is 11.2. The molecule has 0 atom stereocenters. The Hall–Kier alpha value is -2.91. The first-order valence-electron chi connectivity index (χ1n) is 11.5. The summed E-state index contributed by atoms with van der Waals surface area (Å²) in [5, 5.41) is 2.84. The second-order valence-electron chi connectivity index (χ2n) is 9.25. The molecule has 1 saturated heterocycles. The zero-order chi connectivity index (χ0) is 24.5. The number of fused-ring (bicyclic) bond motifs is 1. The van der Waals surface area contributed by atoms with Crippen molar-refractivity contribution in [3.05, 3.63) is 53.6 Å². The number of sulfonamides is 1. The van der Waals surface area contributed by atoms with Crippen molar-refractivity contribution in [3.63, 3.8) is 0 Å². The van der Waals surface area contributed by atoms with Gasteiger partial charge in [0.2, 0.25) is 21.8 Å². The number of rotatable bonds is 7. The first-order valence-corrected chi connectivity index (χ1v) is 13.0. The molecule has 0 radical (unpaired) electrons. The molecule has 0 bridgehead atoms. The number of amides is 2. The maximum atomic E-state index is 13.2. The molecule has 2 aliphatic heterocycles. The Labute approximate surface area is 200 Å². The highest BCUT2D eigenvalue weighted by Crippen LogP contribution is 2.42. The van der Waals surface area contributed by atoms with Crippen molar-refractivity contribution >= 4 is 27.5 Å². The van der Waals surface area contributed by atoms with E-state index in [4.69, 9.17) is 4.74 Å². The molecule has 34 heavy (non-hydrogen) atoms. The van der Waals surface area contributed by atoms with Gasteiger partial charge in [0, 0.05) is 30.9 Å². The lowest BCUT2D eigenvalue weighted by atomic mass is 9.86. The summed E-state index contributed by atoms with van der Waals surface area (Å²) in [5.74, 6) is 0.129. The van der Waals surface area contributed by atoms with Crippen LogP contribution in [0.3, 0.4) is 0 Å². The van der Waals surface area contributed by atoms with Crippen LogP contribution in [-0.4, -0.2) is 51.3 Å². The van der Waals surface area contributed by atoms with E-state index in [9.17, 15) is 18.0 Å². The fourth-order valence-corrected chi connectivity index (χ4v) is 6.17. The largest absolute Gasteiger partial charge is 0.496 e. The summed E-state index contributed by atoms with van der Waals surface area (Å²) >= 11 is 0. The highest BCUT2D eigenvalue weighted by atomic mass is 32.2. The molecule has 0 unspecified atom stereocenters. The Morgan fingerprint density at radius 1 is 1.09 bits per heavy atom. The van der Waals surface area contributed by atoms with Crippen LogP contribution in [0, 0.1) is 0 Å². The van der Waals surface area contributed by atoms with Crippen molar-refractivity contribution in [1.82, 2.24) is 9.62 Å². The van der Waals surface area contributed by atoms with Gasteiger partial charge < -0.3 is 15.0 Å².